The van der Waals surface area contributed by atoms with E-state index in [1.165, 1.54) is 28.0 Å². The van der Waals surface area contributed by atoms with E-state index >= 15 is 0 Å². The van der Waals surface area contributed by atoms with Crippen molar-refractivity contribution in [1.29, 1.82) is 0 Å². The monoisotopic (exact) mass is 517 g/mol. The molecule has 37 heavy (non-hydrogen) atoms. The van der Waals surface area contributed by atoms with Gasteiger partial charge < -0.3 is 15.1 Å². The molecule has 194 valence electrons. The highest BCUT2D eigenvalue weighted by molar-refractivity contribution is 7.14. The summed E-state index contributed by atoms with van der Waals surface area (Å²) in [6.45, 7) is 9.66. The van der Waals surface area contributed by atoms with Gasteiger partial charge in [0.1, 0.15) is 5.69 Å². The zero-order chi connectivity index (χ0) is 25.8. The first-order valence-electron chi connectivity index (χ1n) is 13.1. The van der Waals surface area contributed by atoms with E-state index < -0.39 is 0 Å². The molecule has 2 aliphatic rings. The standard InChI is InChI=1S/C29H35N5O2S/c1-21-8-9-25(18-22(21)2)30-29-31-26(20-37-29)28(36)33-12-10-24(11-13-33)27(35)34-16-14-32(15-17-34)19-23-6-4-3-5-7-23/h3-9,18,20,24H,10-17,19H2,1-2H3,(H,30,31). The molecule has 0 unspecified atom stereocenters. The van der Waals surface area contributed by atoms with Gasteiger partial charge in [0.25, 0.3) is 5.91 Å². The predicted molar refractivity (Wildman–Crippen MR) is 148 cm³/mol. The van der Waals surface area contributed by atoms with E-state index in [1.54, 1.807) is 0 Å². The lowest BCUT2D eigenvalue weighted by Gasteiger charge is -2.38. The molecule has 2 aliphatic heterocycles. The largest absolute Gasteiger partial charge is 0.340 e. The highest BCUT2D eigenvalue weighted by atomic mass is 32.1. The van der Waals surface area contributed by atoms with Gasteiger partial charge in [-0.2, -0.15) is 0 Å². The predicted octanol–water partition coefficient (Wildman–Crippen LogP) is 4.70. The van der Waals surface area contributed by atoms with Crippen molar-refractivity contribution in [2.24, 2.45) is 5.92 Å². The fourth-order valence-electron chi connectivity index (χ4n) is 5.09. The van der Waals surface area contributed by atoms with Crippen LogP contribution in [0, 0.1) is 19.8 Å². The zero-order valence-corrected chi connectivity index (χ0v) is 22.5. The van der Waals surface area contributed by atoms with Crippen LogP contribution in [0.5, 0.6) is 0 Å². The molecular weight excluding hydrogens is 482 g/mol. The van der Waals surface area contributed by atoms with Gasteiger partial charge in [-0.15, -0.1) is 11.3 Å². The summed E-state index contributed by atoms with van der Waals surface area (Å²) in [5.74, 6) is 0.201. The van der Waals surface area contributed by atoms with E-state index in [0.29, 0.717) is 36.8 Å². The first-order chi connectivity index (χ1) is 18.0. The van der Waals surface area contributed by atoms with E-state index in [0.717, 1.165) is 38.4 Å². The minimum atomic E-state index is -0.0511. The maximum atomic E-state index is 13.2. The van der Waals surface area contributed by atoms with Crippen LogP contribution in [0.3, 0.4) is 0 Å². The summed E-state index contributed by atoms with van der Waals surface area (Å²) in [6, 6.07) is 16.7. The number of rotatable bonds is 6. The van der Waals surface area contributed by atoms with Crippen molar-refractivity contribution in [3.05, 3.63) is 76.3 Å². The highest BCUT2D eigenvalue weighted by Gasteiger charge is 2.32. The zero-order valence-electron chi connectivity index (χ0n) is 21.7. The molecule has 2 aromatic carbocycles. The van der Waals surface area contributed by atoms with Gasteiger partial charge in [-0.05, 0) is 55.5 Å². The molecule has 3 heterocycles. The summed E-state index contributed by atoms with van der Waals surface area (Å²) in [5, 5.41) is 5.84. The van der Waals surface area contributed by atoms with Crippen molar-refractivity contribution < 1.29 is 9.59 Å². The van der Waals surface area contributed by atoms with Crippen LogP contribution in [0.2, 0.25) is 0 Å². The van der Waals surface area contributed by atoms with Crippen molar-refractivity contribution in [3.63, 3.8) is 0 Å². The summed E-state index contributed by atoms with van der Waals surface area (Å²) in [4.78, 5) is 37.1. The lowest BCUT2D eigenvalue weighted by atomic mass is 9.94. The van der Waals surface area contributed by atoms with Gasteiger partial charge in [-0.25, -0.2) is 4.98 Å². The number of hydrogen-bond acceptors (Lipinski definition) is 6. The van der Waals surface area contributed by atoms with E-state index in [2.05, 4.69) is 65.4 Å². The van der Waals surface area contributed by atoms with Gasteiger partial charge in [0.2, 0.25) is 5.91 Å². The molecule has 0 bridgehead atoms. The van der Waals surface area contributed by atoms with Gasteiger partial charge in [0.05, 0.1) is 0 Å². The molecule has 1 N–H and O–H groups in total. The number of carbonyl (C=O) groups is 2. The number of likely N-dealkylation sites (tertiary alicyclic amines) is 1. The van der Waals surface area contributed by atoms with Crippen LogP contribution in [-0.4, -0.2) is 70.8 Å². The third kappa shape index (κ3) is 6.19. The number of aryl methyl sites for hydroxylation is 2. The average molecular weight is 518 g/mol. The fraction of sp³-hybridized carbons (Fsp3) is 0.414. The first-order valence-corrected chi connectivity index (χ1v) is 14.0. The van der Waals surface area contributed by atoms with Crippen molar-refractivity contribution >= 4 is 34.0 Å². The Morgan fingerprint density at radius 3 is 2.35 bits per heavy atom. The van der Waals surface area contributed by atoms with Crippen molar-refractivity contribution in [2.45, 2.75) is 33.2 Å². The van der Waals surface area contributed by atoms with Gasteiger partial charge in [0.15, 0.2) is 5.13 Å². The molecular formula is C29H35N5O2S. The number of benzene rings is 2. The molecule has 2 fully saturated rings. The smallest absolute Gasteiger partial charge is 0.273 e. The Balaban J connectivity index is 1.08. The van der Waals surface area contributed by atoms with Crippen LogP contribution in [0.1, 0.15) is 40.0 Å². The Hall–Kier alpha value is -3.23. The molecule has 0 saturated carbocycles. The number of carbonyl (C=O) groups excluding carboxylic acids is 2. The molecule has 0 aliphatic carbocycles. The molecule has 5 rings (SSSR count). The van der Waals surface area contributed by atoms with Gasteiger partial charge in [-0.3, -0.25) is 14.5 Å². The lowest BCUT2D eigenvalue weighted by molar-refractivity contribution is -0.138. The minimum absolute atomic E-state index is 0.00200. The number of piperidine rings is 1. The summed E-state index contributed by atoms with van der Waals surface area (Å²) < 4.78 is 0. The maximum absolute atomic E-state index is 13.2. The molecule has 7 nitrogen and oxygen atoms in total. The van der Waals surface area contributed by atoms with Crippen LogP contribution in [0.15, 0.2) is 53.9 Å². The third-order valence-corrected chi connectivity index (χ3v) is 8.30. The Kier molecular flexibility index (Phi) is 7.86. The van der Waals surface area contributed by atoms with Crippen LogP contribution in [0.4, 0.5) is 10.8 Å². The van der Waals surface area contributed by atoms with E-state index in [4.69, 9.17) is 0 Å². The first kappa shape index (κ1) is 25.4. The number of aromatic nitrogens is 1. The van der Waals surface area contributed by atoms with Crippen LogP contribution in [-0.2, 0) is 11.3 Å². The van der Waals surface area contributed by atoms with Crippen LogP contribution in [0.25, 0.3) is 0 Å². The number of thiazole rings is 1. The quantitative estimate of drug-likeness (QED) is 0.513. The third-order valence-electron chi connectivity index (χ3n) is 7.55. The normalized spacial score (nSPS) is 17.1. The Labute approximate surface area is 223 Å². The molecule has 0 atom stereocenters. The van der Waals surface area contributed by atoms with Crippen LogP contribution < -0.4 is 5.32 Å². The summed E-state index contributed by atoms with van der Waals surface area (Å²) in [7, 11) is 0. The number of anilines is 2. The van der Waals surface area contributed by atoms with Gasteiger partial charge in [-0.1, -0.05) is 36.4 Å². The molecule has 2 saturated heterocycles. The highest BCUT2D eigenvalue weighted by Crippen LogP contribution is 2.26. The average Bonchev–Trinajstić information content (AvgIpc) is 3.39. The number of nitrogens with one attached hydrogen (secondary N) is 1. The fourth-order valence-corrected chi connectivity index (χ4v) is 5.79. The summed E-state index contributed by atoms with van der Waals surface area (Å²) >= 11 is 1.44. The minimum Gasteiger partial charge on any atom is -0.340 e. The molecule has 0 spiro atoms. The van der Waals surface area contributed by atoms with Crippen molar-refractivity contribution in [3.8, 4) is 0 Å². The molecule has 3 aromatic rings. The van der Waals surface area contributed by atoms with Gasteiger partial charge in [0, 0.05) is 62.8 Å². The van der Waals surface area contributed by atoms with Gasteiger partial charge >= 0.3 is 0 Å². The summed E-state index contributed by atoms with van der Waals surface area (Å²) in [5.41, 5.74) is 5.21. The molecule has 2 amide bonds. The second-order valence-electron chi connectivity index (χ2n) is 10.1. The topological polar surface area (TPSA) is 68.8 Å². The second kappa shape index (κ2) is 11.4. The molecule has 0 radical (unpaired) electrons. The number of amides is 2. The Morgan fingerprint density at radius 2 is 1.65 bits per heavy atom. The SMILES string of the molecule is Cc1ccc(Nc2nc(C(=O)N3CCC(C(=O)N4CCN(Cc5ccccc5)CC4)CC3)cs2)cc1C. The molecule has 8 heteroatoms. The molecule has 1 aromatic heterocycles. The van der Waals surface area contributed by atoms with Crippen molar-refractivity contribution in [2.75, 3.05) is 44.6 Å². The van der Waals surface area contributed by atoms with E-state index in [1.807, 2.05) is 27.3 Å². The number of piperazine rings is 1. The Bertz CT molecular complexity index is 1230. The lowest BCUT2D eigenvalue weighted by Crippen LogP contribution is -2.51. The summed E-state index contributed by atoms with van der Waals surface area (Å²) in [6.07, 6.45) is 1.43. The van der Waals surface area contributed by atoms with Crippen molar-refractivity contribution in [1.82, 2.24) is 19.7 Å². The maximum Gasteiger partial charge on any atom is 0.273 e. The second-order valence-corrected chi connectivity index (χ2v) is 11.0. The van der Waals surface area contributed by atoms with E-state index in [9.17, 15) is 9.59 Å². The number of hydrogen-bond donors (Lipinski definition) is 1. The van der Waals surface area contributed by atoms with Crippen LogP contribution >= 0.6 is 11.3 Å². The van der Waals surface area contributed by atoms with E-state index in [-0.39, 0.29) is 17.7 Å². The number of nitrogens with zero attached hydrogens (tertiary/aromatic N) is 4. The Morgan fingerprint density at radius 1 is 0.919 bits per heavy atom.